The molecule has 1 saturated heterocycles. The quantitative estimate of drug-likeness (QED) is 0.707. The first-order chi connectivity index (χ1) is 13.4. The Morgan fingerprint density at radius 3 is 2.14 bits per heavy atom. The van der Waals surface area contributed by atoms with E-state index in [0.717, 1.165) is 0 Å². The van der Waals surface area contributed by atoms with Crippen LogP contribution in [0, 0.1) is 0 Å². The molecular formula is C19H16N4O4S. The maximum absolute atomic E-state index is 13.4. The molecule has 1 fully saturated rings. The molecule has 2 aliphatic rings. The van der Waals surface area contributed by atoms with Crippen molar-refractivity contribution in [2.45, 2.75) is 16.3 Å². The second-order valence-corrected chi connectivity index (χ2v) is 8.35. The number of amides is 3. The first kappa shape index (κ1) is 17.9. The summed E-state index contributed by atoms with van der Waals surface area (Å²) in [6, 6.07) is 15.7. The topological polar surface area (TPSA) is 131 Å². The Morgan fingerprint density at radius 1 is 0.893 bits per heavy atom. The summed E-state index contributed by atoms with van der Waals surface area (Å²) >= 11 is 0. The third-order valence-electron chi connectivity index (χ3n) is 4.58. The molecule has 2 aromatic rings. The lowest BCUT2D eigenvalue weighted by atomic mass is 9.91. The SMILES string of the molecule is NC1=NC2NC(=O)NC(=O)C2=C(c2ccccc2)C1S(=O)(=O)c1ccccc1. The van der Waals surface area contributed by atoms with Crippen LogP contribution in [0.4, 0.5) is 4.79 Å². The highest BCUT2D eigenvalue weighted by Crippen LogP contribution is 2.36. The largest absolute Gasteiger partial charge is 0.386 e. The van der Waals surface area contributed by atoms with E-state index in [1.807, 2.05) is 0 Å². The fraction of sp³-hybridized carbons (Fsp3) is 0.105. The summed E-state index contributed by atoms with van der Waals surface area (Å²) in [5, 5.41) is 3.30. The number of benzene rings is 2. The van der Waals surface area contributed by atoms with Crippen molar-refractivity contribution in [1.82, 2.24) is 10.6 Å². The van der Waals surface area contributed by atoms with Gasteiger partial charge in [0.25, 0.3) is 5.91 Å². The average Bonchev–Trinajstić information content (AvgIpc) is 2.67. The lowest BCUT2D eigenvalue weighted by molar-refractivity contribution is -0.117. The molecule has 2 unspecified atom stereocenters. The van der Waals surface area contributed by atoms with Crippen LogP contribution >= 0.6 is 0 Å². The number of carbonyl (C=O) groups is 2. The van der Waals surface area contributed by atoms with Gasteiger partial charge in [0.2, 0.25) is 0 Å². The summed E-state index contributed by atoms with van der Waals surface area (Å²) in [5.74, 6) is -0.886. The molecule has 142 valence electrons. The average molecular weight is 396 g/mol. The van der Waals surface area contributed by atoms with Gasteiger partial charge in [0.15, 0.2) is 16.0 Å². The van der Waals surface area contributed by atoms with Crippen molar-refractivity contribution in [3.05, 3.63) is 71.8 Å². The number of nitrogens with one attached hydrogen (secondary N) is 2. The number of urea groups is 1. The molecule has 0 aliphatic carbocycles. The molecule has 28 heavy (non-hydrogen) atoms. The van der Waals surface area contributed by atoms with E-state index in [1.165, 1.54) is 12.1 Å². The molecule has 0 radical (unpaired) electrons. The van der Waals surface area contributed by atoms with Crippen molar-refractivity contribution in [3.63, 3.8) is 0 Å². The zero-order valence-corrected chi connectivity index (χ0v) is 15.3. The Bertz CT molecular complexity index is 1130. The second-order valence-electron chi connectivity index (χ2n) is 6.32. The van der Waals surface area contributed by atoms with E-state index in [9.17, 15) is 18.0 Å². The Hall–Kier alpha value is -3.46. The summed E-state index contributed by atoms with van der Waals surface area (Å²) in [5.41, 5.74) is 6.86. The van der Waals surface area contributed by atoms with Crippen LogP contribution in [0.25, 0.3) is 5.57 Å². The van der Waals surface area contributed by atoms with Gasteiger partial charge in [-0.15, -0.1) is 0 Å². The van der Waals surface area contributed by atoms with E-state index in [1.54, 1.807) is 48.5 Å². The van der Waals surface area contributed by atoms with Gasteiger partial charge in [0, 0.05) is 0 Å². The van der Waals surface area contributed by atoms with E-state index < -0.39 is 33.2 Å². The fourth-order valence-electron chi connectivity index (χ4n) is 3.38. The minimum Gasteiger partial charge on any atom is -0.386 e. The van der Waals surface area contributed by atoms with Gasteiger partial charge in [0.1, 0.15) is 11.1 Å². The molecule has 2 aliphatic heterocycles. The minimum absolute atomic E-state index is 0.0597. The van der Waals surface area contributed by atoms with E-state index in [4.69, 9.17) is 5.73 Å². The van der Waals surface area contributed by atoms with Crippen molar-refractivity contribution >= 4 is 33.2 Å². The normalized spacial score (nSPS) is 22.1. The molecular weight excluding hydrogens is 380 g/mol. The van der Waals surface area contributed by atoms with Crippen molar-refractivity contribution < 1.29 is 18.0 Å². The van der Waals surface area contributed by atoms with Crippen LogP contribution in [0.1, 0.15) is 5.56 Å². The number of aliphatic imine (C=N–C) groups is 1. The molecule has 9 heteroatoms. The summed E-state index contributed by atoms with van der Waals surface area (Å²) in [7, 11) is -4.00. The smallest absolute Gasteiger partial charge is 0.323 e. The Kier molecular flexibility index (Phi) is 4.23. The molecule has 4 rings (SSSR count). The molecule has 2 atom stereocenters. The van der Waals surface area contributed by atoms with Gasteiger partial charge in [0.05, 0.1) is 10.5 Å². The van der Waals surface area contributed by atoms with Crippen LogP contribution < -0.4 is 16.4 Å². The molecule has 2 aromatic carbocycles. The molecule has 0 spiro atoms. The van der Waals surface area contributed by atoms with Crippen LogP contribution in [-0.4, -0.2) is 37.6 Å². The van der Waals surface area contributed by atoms with Gasteiger partial charge in [-0.1, -0.05) is 48.5 Å². The summed E-state index contributed by atoms with van der Waals surface area (Å²) in [4.78, 5) is 28.5. The zero-order valence-electron chi connectivity index (χ0n) is 14.5. The second kappa shape index (κ2) is 6.61. The van der Waals surface area contributed by atoms with E-state index in [2.05, 4.69) is 15.6 Å². The lowest BCUT2D eigenvalue weighted by Gasteiger charge is -2.33. The number of carbonyl (C=O) groups excluding carboxylic acids is 2. The van der Waals surface area contributed by atoms with Crippen LogP contribution in [-0.2, 0) is 14.6 Å². The zero-order chi connectivity index (χ0) is 19.9. The van der Waals surface area contributed by atoms with Gasteiger partial charge < -0.3 is 11.1 Å². The number of nitrogens with two attached hydrogens (primary N) is 1. The molecule has 0 aromatic heterocycles. The maximum atomic E-state index is 13.4. The summed E-state index contributed by atoms with van der Waals surface area (Å²) < 4.78 is 26.8. The highest BCUT2D eigenvalue weighted by molar-refractivity contribution is 7.93. The summed E-state index contributed by atoms with van der Waals surface area (Å²) in [6.07, 6.45) is -1.04. The van der Waals surface area contributed by atoms with Crippen LogP contribution in [0.15, 0.2) is 76.1 Å². The number of amidine groups is 1. The number of rotatable bonds is 3. The number of sulfone groups is 1. The van der Waals surface area contributed by atoms with Crippen LogP contribution in [0.5, 0.6) is 0 Å². The monoisotopic (exact) mass is 396 g/mol. The van der Waals surface area contributed by atoms with Crippen LogP contribution in [0.3, 0.4) is 0 Å². The first-order valence-electron chi connectivity index (χ1n) is 8.43. The Morgan fingerprint density at radius 2 is 1.50 bits per heavy atom. The molecule has 0 bridgehead atoms. The van der Waals surface area contributed by atoms with E-state index in [0.29, 0.717) is 5.56 Å². The number of hydrogen-bond donors (Lipinski definition) is 3. The molecule has 2 heterocycles. The number of hydrogen-bond acceptors (Lipinski definition) is 6. The lowest BCUT2D eigenvalue weighted by Crippen LogP contribution is -2.57. The molecule has 0 saturated carbocycles. The van der Waals surface area contributed by atoms with E-state index >= 15 is 0 Å². The molecule has 4 N–H and O–H groups in total. The predicted octanol–water partition coefficient (Wildman–Crippen LogP) is 0.819. The van der Waals surface area contributed by atoms with E-state index in [-0.39, 0.29) is 21.9 Å². The van der Waals surface area contributed by atoms with Gasteiger partial charge in [-0.25, -0.2) is 18.2 Å². The highest BCUT2D eigenvalue weighted by Gasteiger charge is 2.45. The molecule has 3 amide bonds. The highest BCUT2D eigenvalue weighted by atomic mass is 32.2. The van der Waals surface area contributed by atoms with Gasteiger partial charge in [-0.05, 0) is 23.3 Å². The van der Waals surface area contributed by atoms with Crippen LogP contribution in [0.2, 0.25) is 0 Å². The minimum atomic E-state index is -4.00. The van der Waals surface area contributed by atoms with Crippen molar-refractivity contribution in [2.24, 2.45) is 10.7 Å². The fourth-order valence-corrected chi connectivity index (χ4v) is 5.15. The first-order valence-corrected chi connectivity index (χ1v) is 9.97. The van der Waals surface area contributed by atoms with Crippen molar-refractivity contribution in [2.75, 3.05) is 0 Å². The standard InChI is InChI=1S/C19H16N4O4S/c20-16-15(28(26,27)12-9-5-2-6-10-12)13(11-7-3-1-4-8-11)14-17(21-16)22-19(25)23-18(14)24/h1-10,15,17H,(H2,20,21)(H2,22,23,24,25). The third-order valence-corrected chi connectivity index (χ3v) is 6.61. The van der Waals surface area contributed by atoms with Crippen molar-refractivity contribution in [1.29, 1.82) is 0 Å². The van der Waals surface area contributed by atoms with Gasteiger partial charge in [-0.3, -0.25) is 10.1 Å². The number of imide groups is 1. The summed E-state index contributed by atoms with van der Waals surface area (Å²) in [6.45, 7) is 0. The van der Waals surface area contributed by atoms with Crippen molar-refractivity contribution in [3.8, 4) is 0 Å². The van der Waals surface area contributed by atoms with Gasteiger partial charge in [-0.2, -0.15) is 0 Å². The number of nitrogens with zero attached hydrogens (tertiary/aromatic N) is 1. The maximum Gasteiger partial charge on any atom is 0.323 e. The van der Waals surface area contributed by atoms with Gasteiger partial charge >= 0.3 is 6.03 Å². The number of fused-ring (bicyclic) bond motifs is 1. The predicted molar refractivity (Wildman–Crippen MR) is 103 cm³/mol. The molecule has 8 nitrogen and oxygen atoms in total. The Balaban J connectivity index is 1.98. The third kappa shape index (κ3) is 2.85. The Labute approximate surface area is 161 Å². The number of dihydropyridines is 1.